The Kier molecular flexibility index (Phi) is 5.83. The highest BCUT2D eigenvalue weighted by molar-refractivity contribution is 6.30. The fourth-order valence-electron chi connectivity index (χ4n) is 3.04. The predicted molar refractivity (Wildman–Crippen MR) is 102 cm³/mol. The van der Waals surface area contributed by atoms with Crippen LogP contribution in [0.4, 0.5) is 0 Å². The molecule has 0 bridgehead atoms. The molecule has 134 valence electrons. The van der Waals surface area contributed by atoms with Crippen LogP contribution in [0, 0.1) is 11.8 Å². The lowest BCUT2D eigenvalue weighted by atomic mass is 9.82. The van der Waals surface area contributed by atoms with Gasteiger partial charge < -0.3 is 10.4 Å². The number of aromatic nitrogens is 1. The van der Waals surface area contributed by atoms with Crippen LogP contribution in [0.2, 0.25) is 10.2 Å². The molecule has 26 heavy (non-hydrogen) atoms. The van der Waals surface area contributed by atoms with Gasteiger partial charge in [-0.25, -0.2) is 4.98 Å². The molecular weight excluding hydrogens is 371 g/mol. The van der Waals surface area contributed by atoms with E-state index in [2.05, 4.69) is 22.1 Å². The fourth-order valence-corrected chi connectivity index (χ4v) is 3.39. The molecule has 0 saturated heterocycles. The Morgan fingerprint density at radius 2 is 2.08 bits per heavy atom. The Hall–Kier alpha value is -2.06. The van der Waals surface area contributed by atoms with E-state index in [1.165, 1.54) is 0 Å². The first kappa shape index (κ1) is 18.7. The Bertz CT molecular complexity index is 875. The van der Waals surface area contributed by atoms with Gasteiger partial charge in [-0.2, -0.15) is 0 Å². The van der Waals surface area contributed by atoms with Gasteiger partial charge in [-0.1, -0.05) is 47.2 Å². The number of nitrogens with zero attached hydrogens (tertiary/aromatic N) is 1. The number of halogens is 2. The lowest BCUT2D eigenvalue weighted by molar-refractivity contribution is 0.0451. The van der Waals surface area contributed by atoms with Crippen LogP contribution >= 0.6 is 23.2 Å². The topological polar surface area (TPSA) is 62.2 Å². The summed E-state index contributed by atoms with van der Waals surface area (Å²) in [4.78, 5) is 16.3. The minimum absolute atomic E-state index is 0.171. The summed E-state index contributed by atoms with van der Waals surface area (Å²) in [6, 6.07) is 11.9. The fraction of sp³-hybridized carbons (Fsp3) is 0.300. The molecule has 2 atom stereocenters. The zero-order chi connectivity index (χ0) is 18.6. The number of aliphatic hydroxyl groups is 1. The third-order valence-corrected chi connectivity index (χ3v) is 4.72. The summed E-state index contributed by atoms with van der Waals surface area (Å²) in [5.74, 6) is 5.63. The van der Waals surface area contributed by atoms with E-state index in [4.69, 9.17) is 23.2 Å². The van der Waals surface area contributed by atoms with Gasteiger partial charge in [-0.15, -0.1) is 0 Å². The number of nitrogens with one attached hydrogen (secondary N) is 1. The van der Waals surface area contributed by atoms with E-state index >= 15 is 0 Å². The average Bonchev–Trinajstić information content (AvgIpc) is 2.60. The number of hydrogen-bond donors (Lipinski definition) is 2. The van der Waals surface area contributed by atoms with Crippen molar-refractivity contribution in [1.82, 2.24) is 10.3 Å². The minimum atomic E-state index is -1.14. The van der Waals surface area contributed by atoms with Gasteiger partial charge in [0.15, 0.2) is 0 Å². The zero-order valence-corrected chi connectivity index (χ0v) is 15.5. The summed E-state index contributed by atoms with van der Waals surface area (Å²) in [6.07, 6.45) is 2.50. The van der Waals surface area contributed by atoms with Crippen LogP contribution in [-0.4, -0.2) is 27.6 Å². The second-order valence-electron chi connectivity index (χ2n) is 6.40. The van der Waals surface area contributed by atoms with E-state index in [1.807, 2.05) is 12.1 Å². The predicted octanol–water partition coefficient (Wildman–Crippen LogP) is 3.84. The molecule has 4 nitrogen and oxygen atoms in total. The number of hydrogen-bond acceptors (Lipinski definition) is 3. The lowest BCUT2D eigenvalue weighted by Gasteiger charge is -2.33. The number of pyridine rings is 1. The standard InChI is InChI=1S/C20H18Cl2N2O2/c21-15-5-1-4-14(12-15)9-11-20(26)10-3-6-16(13-20)23-19(25)17-7-2-8-18(22)24-17/h1-2,4-5,7-8,12,16,26H,3,6,10,13H2,(H,23,25). The van der Waals surface area contributed by atoms with Crippen LogP contribution in [0.1, 0.15) is 41.7 Å². The van der Waals surface area contributed by atoms with Crippen LogP contribution in [-0.2, 0) is 0 Å². The van der Waals surface area contributed by atoms with Gasteiger partial charge in [0.1, 0.15) is 16.4 Å². The summed E-state index contributed by atoms with van der Waals surface area (Å²) in [5.41, 5.74) is -0.128. The van der Waals surface area contributed by atoms with Crippen molar-refractivity contribution in [3.8, 4) is 11.8 Å². The first-order chi connectivity index (χ1) is 12.4. The van der Waals surface area contributed by atoms with E-state index in [-0.39, 0.29) is 22.8 Å². The molecule has 1 aromatic carbocycles. The van der Waals surface area contributed by atoms with Crippen molar-refractivity contribution < 1.29 is 9.90 Å². The van der Waals surface area contributed by atoms with E-state index < -0.39 is 5.60 Å². The van der Waals surface area contributed by atoms with Crippen molar-refractivity contribution >= 4 is 29.1 Å². The highest BCUT2D eigenvalue weighted by Crippen LogP contribution is 2.28. The van der Waals surface area contributed by atoms with Gasteiger partial charge in [0.25, 0.3) is 5.91 Å². The number of rotatable bonds is 2. The van der Waals surface area contributed by atoms with Crippen molar-refractivity contribution in [1.29, 1.82) is 0 Å². The first-order valence-corrected chi connectivity index (χ1v) is 9.14. The summed E-state index contributed by atoms with van der Waals surface area (Å²) in [6.45, 7) is 0. The Morgan fingerprint density at radius 3 is 2.85 bits per heavy atom. The van der Waals surface area contributed by atoms with E-state index in [1.54, 1.807) is 30.3 Å². The summed E-state index contributed by atoms with van der Waals surface area (Å²) in [7, 11) is 0. The van der Waals surface area contributed by atoms with Crippen molar-refractivity contribution in [2.24, 2.45) is 0 Å². The maximum atomic E-state index is 12.3. The molecule has 2 aromatic rings. The molecule has 0 radical (unpaired) electrons. The summed E-state index contributed by atoms with van der Waals surface area (Å²) < 4.78 is 0. The van der Waals surface area contributed by atoms with Crippen LogP contribution in [0.25, 0.3) is 0 Å². The second-order valence-corrected chi connectivity index (χ2v) is 7.23. The maximum absolute atomic E-state index is 12.3. The Balaban J connectivity index is 1.68. The smallest absolute Gasteiger partial charge is 0.270 e. The van der Waals surface area contributed by atoms with Crippen LogP contribution in [0.3, 0.4) is 0 Å². The SMILES string of the molecule is O=C(NC1CCCC(O)(C#Cc2cccc(Cl)c2)C1)c1cccc(Cl)n1. The van der Waals surface area contributed by atoms with Gasteiger partial charge in [-0.05, 0) is 49.6 Å². The zero-order valence-electron chi connectivity index (χ0n) is 14.0. The maximum Gasteiger partial charge on any atom is 0.270 e. The molecule has 1 fully saturated rings. The number of carbonyl (C=O) groups excluding carboxylic acids is 1. The molecule has 1 saturated carbocycles. The molecule has 1 aliphatic rings. The van der Waals surface area contributed by atoms with E-state index in [0.717, 1.165) is 18.4 Å². The van der Waals surface area contributed by atoms with Gasteiger partial charge in [0.2, 0.25) is 0 Å². The minimum Gasteiger partial charge on any atom is -0.378 e. The molecule has 1 amide bonds. The molecule has 2 unspecified atom stereocenters. The third kappa shape index (κ3) is 4.98. The van der Waals surface area contributed by atoms with E-state index in [0.29, 0.717) is 17.9 Å². The highest BCUT2D eigenvalue weighted by atomic mass is 35.5. The average molecular weight is 389 g/mol. The molecule has 1 aliphatic carbocycles. The lowest BCUT2D eigenvalue weighted by Crippen LogP contribution is -2.45. The van der Waals surface area contributed by atoms with Gasteiger partial charge in [0, 0.05) is 23.0 Å². The number of carbonyl (C=O) groups is 1. The van der Waals surface area contributed by atoms with Crippen LogP contribution in [0.15, 0.2) is 42.5 Å². The van der Waals surface area contributed by atoms with Crippen molar-refractivity contribution in [3.63, 3.8) is 0 Å². The van der Waals surface area contributed by atoms with Gasteiger partial charge >= 0.3 is 0 Å². The van der Waals surface area contributed by atoms with Crippen LogP contribution < -0.4 is 5.32 Å². The monoisotopic (exact) mass is 388 g/mol. The highest BCUT2D eigenvalue weighted by Gasteiger charge is 2.33. The van der Waals surface area contributed by atoms with Gasteiger partial charge in [-0.3, -0.25) is 4.79 Å². The molecule has 0 aliphatic heterocycles. The van der Waals surface area contributed by atoms with E-state index in [9.17, 15) is 9.90 Å². The number of benzene rings is 1. The molecule has 0 spiro atoms. The quantitative estimate of drug-likeness (QED) is 0.606. The summed E-state index contributed by atoms with van der Waals surface area (Å²) in [5, 5.41) is 14.6. The van der Waals surface area contributed by atoms with Gasteiger partial charge in [0.05, 0.1) is 0 Å². The van der Waals surface area contributed by atoms with Crippen molar-refractivity contribution in [3.05, 3.63) is 63.9 Å². The normalized spacial score (nSPS) is 22.2. The molecule has 3 rings (SSSR count). The summed E-state index contributed by atoms with van der Waals surface area (Å²) >= 11 is 11.8. The third-order valence-electron chi connectivity index (χ3n) is 4.27. The first-order valence-electron chi connectivity index (χ1n) is 8.38. The molecule has 1 aromatic heterocycles. The molecule has 2 N–H and O–H groups in total. The van der Waals surface area contributed by atoms with Crippen LogP contribution in [0.5, 0.6) is 0 Å². The molecular formula is C20H18Cl2N2O2. The van der Waals surface area contributed by atoms with Crippen molar-refractivity contribution in [2.75, 3.05) is 0 Å². The van der Waals surface area contributed by atoms with Crippen molar-refractivity contribution in [2.45, 2.75) is 37.3 Å². The number of amides is 1. The Morgan fingerprint density at radius 1 is 1.27 bits per heavy atom. The largest absolute Gasteiger partial charge is 0.378 e. The molecule has 1 heterocycles. The second kappa shape index (κ2) is 8.09. The Labute approximate surface area is 162 Å². The molecule has 6 heteroatoms.